The molecule has 0 bridgehead atoms. The summed E-state index contributed by atoms with van der Waals surface area (Å²) in [5.41, 5.74) is 6.16. The Bertz CT molecular complexity index is 920. The molecule has 0 aromatic heterocycles. The Morgan fingerprint density at radius 2 is 1.56 bits per heavy atom. The Balaban J connectivity index is 2.66. The van der Waals surface area contributed by atoms with Crippen LogP contribution in [0.1, 0.15) is 102 Å². The zero-order chi connectivity index (χ0) is 24.3. The zero-order valence-electron chi connectivity index (χ0n) is 22.2. The summed E-state index contributed by atoms with van der Waals surface area (Å²) >= 11 is 0. The first-order valence-electron chi connectivity index (χ1n) is 12.2. The van der Waals surface area contributed by atoms with Crippen molar-refractivity contribution in [2.45, 2.75) is 111 Å². The van der Waals surface area contributed by atoms with E-state index in [-0.39, 0.29) is 16.1 Å². The number of aromatic hydroxyl groups is 1. The van der Waals surface area contributed by atoms with Crippen LogP contribution in [0.25, 0.3) is 0 Å². The molecule has 0 aliphatic carbocycles. The maximum absolute atomic E-state index is 11.6. The summed E-state index contributed by atoms with van der Waals surface area (Å²) in [5.74, 6) is 0.508. The van der Waals surface area contributed by atoms with Gasteiger partial charge in [0.05, 0.1) is 0 Å². The molecule has 178 valence electrons. The minimum Gasteiger partial charge on any atom is -0.507 e. The molecule has 2 aromatic rings. The molecule has 32 heavy (non-hydrogen) atoms. The lowest BCUT2D eigenvalue weighted by Crippen LogP contribution is -2.36. The topological polar surface area (TPSA) is 32.3 Å². The lowest BCUT2D eigenvalue weighted by Gasteiger charge is -2.37. The Kier molecular flexibility index (Phi) is 8.63. The summed E-state index contributed by atoms with van der Waals surface area (Å²) in [6, 6.07) is 11.1. The van der Waals surface area contributed by atoms with E-state index in [4.69, 9.17) is 0 Å². The van der Waals surface area contributed by atoms with Gasteiger partial charge in [0.25, 0.3) is 0 Å². The number of hydrogen-bond donors (Lipinski definition) is 2. The first-order valence-corrected chi connectivity index (χ1v) is 13.2. The normalized spacial score (nSPS) is 14.8. The predicted molar refractivity (Wildman–Crippen MR) is 144 cm³/mol. The van der Waals surface area contributed by atoms with E-state index in [0.29, 0.717) is 14.3 Å². The molecular formula is C29H46NOP. The van der Waals surface area contributed by atoms with Gasteiger partial charge in [-0.1, -0.05) is 85.5 Å². The van der Waals surface area contributed by atoms with Crippen LogP contribution in [0.2, 0.25) is 0 Å². The zero-order valence-corrected chi connectivity index (χ0v) is 23.2. The summed E-state index contributed by atoms with van der Waals surface area (Å²) < 4.78 is 0. The highest BCUT2D eigenvalue weighted by atomic mass is 31.1. The molecule has 0 saturated heterocycles. The Labute approximate surface area is 199 Å². The summed E-state index contributed by atoms with van der Waals surface area (Å²) in [4.78, 5) is 0. The number of hydrogen-bond acceptors (Lipinski definition) is 2. The smallest absolute Gasteiger partial charge is 0.123 e. The van der Waals surface area contributed by atoms with Crippen LogP contribution in [-0.4, -0.2) is 10.6 Å². The molecule has 3 heteroatoms. The fourth-order valence-corrected chi connectivity index (χ4v) is 6.48. The van der Waals surface area contributed by atoms with E-state index in [2.05, 4.69) is 105 Å². The highest BCUT2D eigenvalue weighted by Crippen LogP contribution is 2.53. The van der Waals surface area contributed by atoms with Gasteiger partial charge in [0.1, 0.15) is 5.75 Å². The number of nitrogens with one attached hydrogen (secondary N) is 1. The molecule has 2 atom stereocenters. The third kappa shape index (κ3) is 6.36. The molecule has 0 radical (unpaired) electrons. The van der Waals surface area contributed by atoms with Crippen molar-refractivity contribution in [1.82, 2.24) is 5.32 Å². The second-order valence-corrected chi connectivity index (χ2v) is 13.2. The first kappa shape index (κ1) is 26.9. The largest absolute Gasteiger partial charge is 0.507 e. The van der Waals surface area contributed by atoms with E-state index in [1.807, 2.05) is 0 Å². The van der Waals surface area contributed by atoms with Crippen LogP contribution in [-0.2, 0) is 17.1 Å². The molecule has 2 rings (SSSR count). The third-order valence-corrected chi connectivity index (χ3v) is 8.71. The Morgan fingerprint density at radius 1 is 0.938 bits per heavy atom. The highest BCUT2D eigenvalue weighted by Gasteiger charge is 2.36. The van der Waals surface area contributed by atoms with E-state index in [9.17, 15) is 5.11 Å². The summed E-state index contributed by atoms with van der Waals surface area (Å²) in [7, 11) is 0.614. The van der Waals surface area contributed by atoms with Crippen molar-refractivity contribution in [2.24, 2.45) is 0 Å². The number of rotatable bonds is 8. The number of aryl methyl sites for hydroxylation is 2. The molecule has 2 aromatic carbocycles. The van der Waals surface area contributed by atoms with Crippen molar-refractivity contribution in [2.75, 3.05) is 0 Å². The van der Waals surface area contributed by atoms with Crippen LogP contribution in [0.3, 0.4) is 0 Å². The predicted octanol–water partition coefficient (Wildman–Crippen LogP) is 7.60. The maximum Gasteiger partial charge on any atom is 0.123 e. The molecule has 0 saturated carbocycles. The number of benzene rings is 2. The van der Waals surface area contributed by atoms with E-state index in [1.54, 1.807) is 0 Å². The number of phenols is 1. The molecule has 0 amide bonds. The molecule has 0 spiro atoms. The van der Waals surface area contributed by atoms with E-state index in [1.165, 1.54) is 22.0 Å². The molecule has 0 aliphatic heterocycles. The van der Waals surface area contributed by atoms with E-state index < -0.39 is 0 Å². The molecule has 2 unspecified atom stereocenters. The molecular weight excluding hydrogens is 409 g/mol. The van der Waals surface area contributed by atoms with Gasteiger partial charge in [-0.2, -0.15) is 0 Å². The first-order chi connectivity index (χ1) is 14.7. The van der Waals surface area contributed by atoms with Gasteiger partial charge in [-0.15, -0.1) is 0 Å². The van der Waals surface area contributed by atoms with Gasteiger partial charge < -0.3 is 10.4 Å². The highest BCUT2D eigenvalue weighted by molar-refractivity contribution is 7.48. The van der Waals surface area contributed by atoms with Crippen LogP contribution < -0.4 is 10.6 Å². The fraction of sp³-hybridized carbons (Fsp3) is 0.586. The lowest BCUT2D eigenvalue weighted by atomic mass is 9.80. The van der Waals surface area contributed by atoms with Crippen molar-refractivity contribution in [3.05, 3.63) is 58.1 Å². The van der Waals surface area contributed by atoms with Crippen LogP contribution in [0.15, 0.2) is 30.3 Å². The SMILES string of the molecule is CCCC(CC)(Pc1c(C)cccc1CNC(C)(C)C)c1cc(C)cc(C(C)(C)C)c1O. The maximum atomic E-state index is 11.6. The van der Waals surface area contributed by atoms with Crippen LogP contribution in [0.5, 0.6) is 5.75 Å². The molecule has 2 N–H and O–H groups in total. The average molecular weight is 456 g/mol. The van der Waals surface area contributed by atoms with Gasteiger partial charge >= 0.3 is 0 Å². The van der Waals surface area contributed by atoms with Crippen molar-refractivity contribution in [3.63, 3.8) is 0 Å². The van der Waals surface area contributed by atoms with Gasteiger partial charge in [0, 0.05) is 22.8 Å². The average Bonchev–Trinajstić information content (AvgIpc) is 2.68. The van der Waals surface area contributed by atoms with Crippen LogP contribution in [0, 0.1) is 13.8 Å². The van der Waals surface area contributed by atoms with Gasteiger partial charge in [0.15, 0.2) is 0 Å². The molecule has 0 fully saturated rings. The van der Waals surface area contributed by atoms with Crippen molar-refractivity contribution in [3.8, 4) is 5.75 Å². The standard InChI is InChI=1S/C29H46NOP/c1-11-16-29(12-2,24-18-20(3)17-23(25(24)31)27(5,6)7)32-26-21(4)14-13-15-22(26)19-30-28(8,9)10/h13-15,17-18,30-32H,11-12,16,19H2,1-10H3. The third-order valence-electron chi connectivity index (χ3n) is 6.39. The van der Waals surface area contributed by atoms with Crippen molar-refractivity contribution < 1.29 is 5.11 Å². The van der Waals surface area contributed by atoms with Gasteiger partial charge in [-0.05, 0) is 74.9 Å². The second kappa shape index (κ2) is 10.3. The second-order valence-electron chi connectivity index (χ2n) is 11.5. The molecule has 2 nitrogen and oxygen atoms in total. The van der Waals surface area contributed by atoms with Crippen LogP contribution >= 0.6 is 8.58 Å². The van der Waals surface area contributed by atoms with Gasteiger partial charge in [0.2, 0.25) is 0 Å². The summed E-state index contributed by atoms with van der Waals surface area (Å²) in [6.45, 7) is 23.1. The van der Waals surface area contributed by atoms with Crippen molar-refractivity contribution >= 4 is 13.9 Å². The van der Waals surface area contributed by atoms with Gasteiger partial charge in [-0.3, -0.25) is 0 Å². The van der Waals surface area contributed by atoms with Crippen molar-refractivity contribution in [1.29, 1.82) is 0 Å². The number of phenolic OH excluding ortho intramolecular Hbond substituents is 1. The minimum absolute atomic E-state index is 0.0621. The van der Waals surface area contributed by atoms with E-state index in [0.717, 1.165) is 36.9 Å². The lowest BCUT2D eigenvalue weighted by molar-refractivity contribution is 0.420. The molecule has 0 heterocycles. The fourth-order valence-electron chi connectivity index (χ4n) is 4.52. The Morgan fingerprint density at radius 3 is 2.09 bits per heavy atom. The minimum atomic E-state index is -0.0931. The van der Waals surface area contributed by atoms with Gasteiger partial charge in [-0.25, -0.2) is 0 Å². The van der Waals surface area contributed by atoms with Crippen LogP contribution in [0.4, 0.5) is 0 Å². The Hall–Kier alpha value is -1.37. The van der Waals surface area contributed by atoms with E-state index >= 15 is 0 Å². The monoisotopic (exact) mass is 455 g/mol. The summed E-state index contributed by atoms with van der Waals surface area (Å²) in [6.07, 6.45) is 3.18. The quantitative estimate of drug-likeness (QED) is 0.402. The molecule has 0 aliphatic rings. The summed E-state index contributed by atoms with van der Waals surface area (Å²) in [5, 5.41) is 16.6.